The average Bonchev–Trinajstić information content (AvgIpc) is 3.10. The zero-order chi connectivity index (χ0) is 35.8. The van der Waals surface area contributed by atoms with Gasteiger partial charge in [0.1, 0.15) is 0 Å². The molecule has 0 saturated heterocycles. The fraction of sp³-hybridized carbons (Fsp3) is 0.522. The molecule has 3 atom stereocenters. The molecule has 2 aromatic rings. The molecule has 3 aliphatic rings. The molecule has 0 bridgehead atoms. The van der Waals surface area contributed by atoms with Crippen molar-refractivity contribution in [3.05, 3.63) is 112 Å². The molecule has 3 heteroatoms. The Labute approximate surface area is 300 Å². The number of nitrogens with one attached hydrogen (secondary N) is 1. The van der Waals surface area contributed by atoms with Crippen molar-refractivity contribution in [2.24, 2.45) is 29.6 Å². The molecule has 1 fully saturated rings. The van der Waals surface area contributed by atoms with Gasteiger partial charge in [-0.2, -0.15) is 0 Å². The summed E-state index contributed by atoms with van der Waals surface area (Å²) in [6.07, 6.45) is 27.1. The fourth-order valence-corrected chi connectivity index (χ4v) is 7.93. The van der Waals surface area contributed by atoms with Crippen LogP contribution >= 0.6 is 0 Å². The van der Waals surface area contributed by atoms with E-state index < -0.39 is 0 Å². The number of dihydropyridines is 1. The maximum Gasteiger partial charge on any atom is 0.156 e. The van der Waals surface area contributed by atoms with Crippen molar-refractivity contribution in [3.8, 4) is 0 Å². The molecule has 1 N–H and O–H groups in total. The summed E-state index contributed by atoms with van der Waals surface area (Å²) in [7, 11) is 0. The standard InChI is InChI=1S/C20H35N.C16H19NO.C10H12/c1-4-6-16(2)19-11-9-18(10-12-19)7-5-8-20-15-21-14-13-17(20)3;1-10-9-15(14-5-7-17-8-6-14)11(2)12(3)16(10)13(4)18;1-3-4-10-7-5-9(2)6-8-10/h13-14,16,18-19,21H,4-12,15H2,1-3H3;5-9,11-12H,1-4H3;3-8H,1-2H3/b;;4-3+/t16-,18?,19?;;/m1../s1. The molecule has 1 aromatic heterocycles. The summed E-state index contributed by atoms with van der Waals surface area (Å²) in [6.45, 7) is 20.3. The number of carbonyl (C=O) groups is 1. The van der Waals surface area contributed by atoms with Crippen LogP contribution in [0.2, 0.25) is 0 Å². The van der Waals surface area contributed by atoms with Crippen LogP contribution in [0.25, 0.3) is 11.6 Å². The first-order valence-electron chi connectivity index (χ1n) is 19.2. The Bertz CT molecular complexity index is 1450. The van der Waals surface area contributed by atoms with E-state index in [2.05, 4.69) is 101 Å². The number of rotatable bonds is 10. The number of aromatic nitrogens is 1. The van der Waals surface area contributed by atoms with Gasteiger partial charge in [0.2, 0.25) is 0 Å². The molecule has 1 saturated carbocycles. The van der Waals surface area contributed by atoms with Gasteiger partial charge in [0, 0.05) is 24.5 Å². The smallest absolute Gasteiger partial charge is 0.156 e. The largest absolute Gasteiger partial charge is 0.387 e. The summed E-state index contributed by atoms with van der Waals surface area (Å²) in [5.74, 6) is 3.83. The molecule has 0 amide bonds. The first-order chi connectivity index (χ1) is 23.5. The number of benzene rings is 1. The lowest BCUT2D eigenvalue weighted by Crippen LogP contribution is -2.21. The van der Waals surface area contributed by atoms with E-state index >= 15 is 0 Å². The summed E-state index contributed by atoms with van der Waals surface area (Å²) < 4.78 is 0. The van der Waals surface area contributed by atoms with Crippen molar-refractivity contribution in [2.75, 3.05) is 6.54 Å². The number of pyridine rings is 1. The van der Waals surface area contributed by atoms with Crippen molar-refractivity contribution in [3.63, 3.8) is 0 Å². The van der Waals surface area contributed by atoms with E-state index in [1.807, 2.05) is 44.4 Å². The molecule has 0 spiro atoms. The highest BCUT2D eigenvalue weighted by Crippen LogP contribution is 2.40. The quantitative estimate of drug-likeness (QED) is 0.275. The summed E-state index contributed by atoms with van der Waals surface area (Å²) in [5, 5.41) is 3.35. The Hall–Kier alpha value is -3.46. The number of ketones is 1. The third-order valence-electron chi connectivity index (χ3n) is 11.2. The van der Waals surface area contributed by atoms with E-state index in [1.54, 1.807) is 12.5 Å². The van der Waals surface area contributed by atoms with Gasteiger partial charge in [0.25, 0.3) is 0 Å². The maximum atomic E-state index is 11.7. The van der Waals surface area contributed by atoms with Crippen LogP contribution in [-0.4, -0.2) is 17.3 Å². The first-order valence-corrected chi connectivity index (χ1v) is 19.2. The molecular formula is C46H66N2O. The summed E-state index contributed by atoms with van der Waals surface area (Å²) >= 11 is 0. The number of hydrogen-bond acceptors (Lipinski definition) is 3. The van der Waals surface area contributed by atoms with Gasteiger partial charge < -0.3 is 5.32 Å². The normalized spacial score (nSPS) is 22.8. The van der Waals surface area contributed by atoms with E-state index in [0.717, 1.165) is 35.4 Å². The third kappa shape index (κ3) is 12.7. The molecule has 1 aromatic carbocycles. The highest BCUT2D eigenvalue weighted by Gasteiger charge is 2.28. The molecule has 2 unspecified atom stereocenters. The average molecular weight is 663 g/mol. The Morgan fingerprint density at radius 2 is 1.63 bits per heavy atom. The molecule has 266 valence electrons. The van der Waals surface area contributed by atoms with Gasteiger partial charge in [-0.25, -0.2) is 0 Å². The SMILES string of the molecule is C/C=C/c1ccc(C)cc1.CC(=O)C1=C(C)C=C(c2ccncc2)C(C)C1C.CCC[C@@H](C)C1CCC(CCCC2=C(C)C=CNC2)CC1. The Balaban J connectivity index is 0.000000211. The third-order valence-corrected chi connectivity index (χ3v) is 11.2. The molecule has 0 radical (unpaired) electrons. The lowest BCUT2D eigenvalue weighted by Gasteiger charge is -2.32. The molecule has 49 heavy (non-hydrogen) atoms. The number of carbonyl (C=O) groups excluding carboxylic acids is 1. The number of hydrogen-bond donors (Lipinski definition) is 1. The van der Waals surface area contributed by atoms with Crippen LogP contribution in [0.4, 0.5) is 0 Å². The molecule has 3 nitrogen and oxygen atoms in total. The minimum absolute atomic E-state index is 0.192. The van der Waals surface area contributed by atoms with Crippen LogP contribution in [0, 0.1) is 36.5 Å². The van der Waals surface area contributed by atoms with E-state index in [1.165, 1.54) is 85.6 Å². The zero-order valence-corrected chi connectivity index (χ0v) is 32.3. The number of nitrogens with zero attached hydrogens (tertiary/aromatic N) is 1. The van der Waals surface area contributed by atoms with Gasteiger partial charge in [-0.05, 0) is 148 Å². The predicted molar refractivity (Wildman–Crippen MR) is 213 cm³/mol. The second-order valence-corrected chi connectivity index (χ2v) is 14.9. The van der Waals surface area contributed by atoms with Crippen LogP contribution < -0.4 is 5.32 Å². The highest BCUT2D eigenvalue weighted by atomic mass is 16.1. The monoisotopic (exact) mass is 663 g/mol. The van der Waals surface area contributed by atoms with Crippen LogP contribution in [0.1, 0.15) is 130 Å². The van der Waals surface area contributed by atoms with Gasteiger partial charge in [-0.15, -0.1) is 0 Å². The molecule has 1 aliphatic heterocycles. The second kappa shape index (κ2) is 20.9. The zero-order valence-electron chi connectivity index (χ0n) is 32.3. The van der Waals surface area contributed by atoms with Gasteiger partial charge in [-0.1, -0.05) is 108 Å². The maximum absolute atomic E-state index is 11.7. The van der Waals surface area contributed by atoms with Gasteiger partial charge in [0.15, 0.2) is 5.78 Å². The highest BCUT2D eigenvalue weighted by molar-refractivity contribution is 5.96. The van der Waals surface area contributed by atoms with E-state index in [-0.39, 0.29) is 11.7 Å². The molecular weight excluding hydrogens is 597 g/mol. The Morgan fingerprint density at radius 3 is 2.22 bits per heavy atom. The van der Waals surface area contributed by atoms with Crippen molar-refractivity contribution in [1.29, 1.82) is 0 Å². The first kappa shape index (κ1) is 40.0. The van der Waals surface area contributed by atoms with Crippen LogP contribution in [0.5, 0.6) is 0 Å². The lowest BCUT2D eigenvalue weighted by molar-refractivity contribution is -0.114. The van der Waals surface area contributed by atoms with E-state index in [4.69, 9.17) is 0 Å². The van der Waals surface area contributed by atoms with E-state index in [0.29, 0.717) is 5.92 Å². The topological polar surface area (TPSA) is 42.0 Å². The summed E-state index contributed by atoms with van der Waals surface area (Å²) in [5.41, 5.74) is 10.3. The number of aryl methyl sites for hydroxylation is 1. The number of allylic oxidation sites excluding steroid dienone is 7. The Kier molecular flexibility index (Phi) is 17.1. The van der Waals surface area contributed by atoms with Crippen molar-refractivity contribution >= 4 is 17.4 Å². The van der Waals surface area contributed by atoms with Crippen LogP contribution in [0.15, 0.2) is 95.5 Å². The van der Waals surface area contributed by atoms with Crippen molar-refractivity contribution < 1.29 is 4.79 Å². The molecule has 5 rings (SSSR count). The predicted octanol–water partition coefficient (Wildman–Crippen LogP) is 12.5. The second-order valence-electron chi connectivity index (χ2n) is 14.9. The lowest BCUT2D eigenvalue weighted by atomic mass is 9.74. The van der Waals surface area contributed by atoms with Crippen molar-refractivity contribution in [2.45, 2.75) is 120 Å². The molecule has 2 heterocycles. The minimum atomic E-state index is 0.192. The van der Waals surface area contributed by atoms with Gasteiger partial charge in [-0.3, -0.25) is 9.78 Å². The van der Waals surface area contributed by atoms with Gasteiger partial charge in [0.05, 0.1) is 0 Å². The summed E-state index contributed by atoms with van der Waals surface area (Å²) in [4.78, 5) is 15.8. The van der Waals surface area contributed by atoms with Crippen LogP contribution in [-0.2, 0) is 4.79 Å². The minimum Gasteiger partial charge on any atom is -0.387 e. The van der Waals surface area contributed by atoms with Gasteiger partial charge >= 0.3 is 0 Å². The van der Waals surface area contributed by atoms with Crippen LogP contribution in [0.3, 0.4) is 0 Å². The fourth-order valence-electron chi connectivity index (χ4n) is 7.93. The Morgan fingerprint density at radius 1 is 0.959 bits per heavy atom. The molecule has 2 aliphatic carbocycles. The number of Topliss-reactive ketones (excluding diaryl/α,β-unsaturated/α-hetero) is 1. The van der Waals surface area contributed by atoms with Crippen molar-refractivity contribution in [1.82, 2.24) is 10.3 Å². The summed E-state index contributed by atoms with van der Waals surface area (Å²) in [6, 6.07) is 12.5. The van der Waals surface area contributed by atoms with E-state index in [9.17, 15) is 4.79 Å².